The fourth-order valence-corrected chi connectivity index (χ4v) is 2.14. The number of Topliss-reactive ketones (excluding diaryl/α,β-unsaturated/α-hetero) is 1. The van der Waals surface area contributed by atoms with Crippen LogP contribution in [0.25, 0.3) is 0 Å². The van der Waals surface area contributed by atoms with E-state index in [1.165, 1.54) is 20.3 Å². The maximum Gasteiger partial charge on any atom is 0.336 e. The van der Waals surface area contributed by atoms with Crippen LogP contribution < -0.4 is 9.47 Å². The van der Waals surface area contributed by atoms with Crippen molar-refractivity contribution in [3.8, 4) is 11.5 Å². The van der Waals surface area contributed by atoms with E-state index in [0.29, 0.717) is 29.7 Å². The largest absolute Gasteiger partial charge is 0.493 e. The molecule has 1 aliphatic carbocycles. The van der Waals surface area contributed by atoms with Crippen LogP contribution in [0.4, 0.5) is 0 Å². The van der Waals surface area contributed by atoms with Gasteiger partial charge in [0, 0.05) is 6.42 Å². The van der Waals surface area contributed by atoms with Crippen LogP contribution in [0.5, 0.6) is 11.5 Å². The number of carboxylic acids is 1. The Hall–Kier alpha value is -2.04. The highest BCUT2D eigenvalue weighted by molar-refractivity contribution is 6.07. The number of aromatic carboxylic acids is 1. The van der Waals surface area contributed by atoms with E-state index in [-0.39, 0.29) is 17.1 Å². The lowest BCUT2D eigenvalue weighted by molar-refractivity contribution is 0.0695. The van der Waals surface area contributed by atoms with E-state index in [4.69, 9.17) is 14.6 Å². The summed E-state index contributed by atoms with van der Waals surface area (Å²) >= 11 is 0. The molecular weight excluding hydrogens is 224 g/mol. The summed E-state index contributed by atoms with van der Waals surface area (Å²) in [6.07, 6.45) is 0.759. The summed E-state index contributed by atoms with van der Waals surface area (Å²) < 4.78 is 10.2. The third-order valence-corrected chi connectivity index (χ3v) is 2.89. The molecule has 0 fully saturated rings. The fraction of sp³-hybridized carbons (Fsp3) is 0.333. The van der Waals surface area contributed by atoms with Crippen molar-refractivity contribution < 1.29 is 24.2 Å². The highest BCUT2D eigenvalue weighted by Gasteiger charge is 2.31. The molecule has 0 radical (unpaired) electrons. The Bertz CT molecular complexity index is 504. The van der Waals surface area contributed by atoms with E-state index in [1.54, 1.807) is 0 Å². The summed E-state index contributed by atoms with van der Waals surface area (Å²) in [4.78, 5) is 22.9. The quantitative estimate of drug-likeness (QED) is 0.861. The zero-order chi connectivity index (χ0) is 12.6. The lowest BCUT2D eigenvalue weighted by atomic mass is 10.0. The third kappa shape index (κ3) is 1.63. The average Bonchev–Trinajstić information content (AvgIpc) is 2.69. The Kier molecular flexibility index (Phi) is 2.75. The summed E-state index contributed by atoms with van der Waals surface area (Å²) in [7, 11) is 2.85. The maximum atomic E-state index is 11.8. The van der Waals surface area contributed by atoms with Gasteiger partial charge in [-0.3, -0.25) is 4.79 Å². The van der Waals surface area contributed by atoms with E-state index in [9.17, 15) is 9.59 Å². The SMILES string of the molecule is COc1cc(C(=O)O)c2c(c1OC)C(=O)CC2. The summed E-state index contributed by atoms with van der Waals surface area (Å²) in [5.74, 6) is -0.552. The van der Waals surface area contributed by atoms with Gasteiger partial charge in [-0.25, -0.2) is 4.79 Å². The molecule has 0 aromatic heterocycles. The second kappa shape index (κ2) is 4.08. The molecule has 1 aliphatic rings. The van der Waals surface area contributed by atoms with Crippen LogP contribution in [0, 0.1) is 0 Å². The summed E-state index contributed by atoms with van der Waals surface area (Å²) in [6.45, 7) is 0. The number of ether oxygens (including phenoxy) is 2. The van der Waals surface area contributed by atoms with Gasteiger partial charge in [-0.15, -0.1) is 0 Å². The number of rotatable bonds is 3. The van der Waals surface area contributed by atoms with Crippen LogP contribution in [0.15, 0.2) is 6.07 Å². The number of carbonyl (C=O) groups excluding carboxylic acids is 1. The second-order valence-corrected chi connectivity index (χ2v) is 3.74. The molecule has 0 heterocycles. The smallest absolute Gasteiger partial charge is 0.336 e. The van der Waals surface area contributed by atoms with E-state index in [1.807, 2.05) is 0 Å². The Balaban J connectivity index is 2.77. The number of carbonyl (C=O) groups is 2. The first-order valence-corrected chi connectivity index (χ1v) is 5.14. The number of hydrogen-bond acceptors (Lipinski definition) is 4. The van der Waals surface area contributed by atoms with Gasteiger partial charge in [0.2, 0.25) is 0 Å². The van der Waals surface area contributed by atoms with Crippen molar-refractivity contribution in [3.05, 3.63) is 22.8 Å². The van der Waals surface area contributed by atoms with E-state index >= 15 is 0 Å². The lowest BCUT2D eigenvalue weighted by Gasteiger charge is -2.13. The molecule has 2 rings (SSSR count). The first kappa shape index (κ1) is 11.4. The van der Waals surface area contributed by atoms with Crippen molar-refractivity contribution in [1.82, 2.24) is 0 Å². The molecule has 5 heteroatoms. The Morgan fingerprint density at radius 2 is 2.00 bits per heavy atom. The van der Waals surface area contributed by atoms with Crippen LogP contribution in [0.2, 0.25) is 0 Å². The number of benzene rings is 1. The molecule has 0 aliphatic heterocycles. The summed E-state index contributed by atoms with van der Waals surface area (Å²) in [5, 5.41) is 9.11. The first-order valence-electron chi connectivity index (χ1n) is 5.14. The third-order valence-electron chi connectivity index (χ3n) is 2.89. The minimum absolute atomic E-state index is 0.0988. The minimum atomic E-state index is -1.06. The maximum absolute atomic E-state index is 11.8. The predicted molar refractivity (Wildman–Crippen MR) is 59.2 cm³/mol. The van der Waals surface area contributed by atoms with Gasteiger partial charge in [-0.1, -0.05) is 0 Å². The van der Waals surface area contributed by atoms with Gasteiger partial charge in [-0.2, -0.15) is 0 Å². The van der Waals surface area contributed by atoms with Gasteiger partial charge < -0.3 is 14.6 Å². The van der Waals surface area contributed by atoms with Crippen molar-refractivity contribution in [2.45, 2.75) is 12.8 Å². The fourth-order valence-electron chi connectivity index (χ4n) is 2.14. The topological polar surface area (TPSA) is 72.8 Å². The number of carboxylic acid groups (broad SMARTS) is 1. The van der Waals surface area contributed by atoms with Crippen molar-refractivity contribution >= 4 is 11.8 Å². The van der Waals surface area contributed by atoms with Gasteiger partial charge in [0.1, 0.15) is 0 Å². The van der Waals surface area contributed by atoms with Crippen LogP contribution in [0.1, 0.15) is 32.7 Å². The zero-order valence-corrected chi connectivity index (χ0v) is 9.57. The molecule has 0 unspecified atom stereocenters. The zero-order valence-electron chi connectivity index (χ0n) is 9.57. The monoisotopic (exact) mass is 236 g/mol. The molecule has 0 saturated heterocycles. The van der Waals surface area contributed by atoms with Crippen LogP contribution >= 0.6 is 0 Å². The van der Waals surface area contributed by atoms with Gasteiger partial charge in [0.05, 0.1) is 25.3 Å². The van der Waals surface area contributed by atoms with Crippen LogP contribution in [-0.4, -0.2) is 31.1 Å². The average molecular weight is 236 g/mol. The molecule has 5 nitrogen and oxygen atoms in total. The Morgan fingerprint density at radius 3 is 2.53 bits per heavy atom. The molecular formula is C12H12O5. The molecule has 90 valence electrons. The molecule has 17 heavy (non-hydrogen) atoms. The van der Waals surface area contributed by atoms with Gasteiger partial charge in [0.25, 0.3) is 0 Å². The van der Waals surface area contributed by atoms with Crippen molar-refractivity contribution in [3.63, 3.8) is 0 Å². The Morgan fingerprint density at radius 1 is 1.29 bits per heavy atom. The van der Waals surface area contributed by atoms with Crippen molar-refractivity contribution in [2.75, 3.05) is 14.2 Å². The van der Waals surface area contributed by atoms with Gasteiger partial charge >= 0.3 is 5.97 Å². The molecule has 0 saturated carbocycles. The van der Waals surface area contributed by atoms with E-state index in [2.05, 4.69) is 0 Å². The first-order chi connectivity index (χ1) is 8.10. The minimum Gasteiger partial charge on any atom is -0.493 e. The molecule has 0 bridgehead atoms. The summed E-state index contributed by atoms with van der Waals surface area (Å²) in [5.41, 5.74) is 1.01. The van der Waals surface area contributed by atoms with Crippen LogP contribution in [0.3, 0.4) is 0 Å². The molecule has 1 N–H and O–H groups in total. The molecule has 0 spiro atoms. The van der Waals surface area contributed by atoms with E-state index in [0.717, 1.165) is 0 Å². The highest BCUT2D eigenvalue weighted by Crippen LogP contribution is 2.40. The molecule has 0 amide bonds. The number of fused-ring (bicyclic) bond motifs is 1. The van der Waals surface area contributed by atoms with E-state index < -0.39 is 5.97 Å². The van der Waals surface area contributed by atoms with Crippen molar-refractivity contribution in [1.29, 1.82) is 0 Å². The number of ketones is 1. The van der Waals surface area contributed by atoms with Crippen molar-refractivity contribution in [2.24, 2.45) is 0 Å². The number of methoxy groups -OCH3 is 2. The Labute approximate surface area is 98.0 Å². The standard InChI is InChI=1S/C12H12O5/c1-16-9-5-7(12(14)15)6-3-4-8(13)10(6)11(9)17-2/h5H,3-4H2,1-2H3,(H,14,15). The second-order valence-electron chi connectivity index (χ2n) is 3.74. The number of hydrogen-bond donors (Lipinski definition) is 1. The molecule has 1 aromatic rings. The highest BCUT2D eigenvalue weighted by atomic mass is 16.5. The van der Waals surface area contributed by atoms with Crippen LogP contribution in [-0.2, 0) is 6.42 Å². The normalized spacial score (nSPS) is 13.4. The van der Waals surface area contributed by atoms with Gasteiger partial charge in [-0.05, 0) is 18.1 Å². The van der Waals surface area contributed by atoms with Gasteiger partial charge in [0.15, 0.2) is 17.3 Å². The summed E-state index contributed by atoms with van der Waals surface area (Å²) in [6, 6.07) is 1.40. The molecule has 1 aromatic carbocycles. The predicted octanol–water partition coefficient (Wildman–Crippen LogP) is 1.53. The molecule has 0 atom stereocenters. The lowest BCUT2D eigenvalue weighted by Crippen LogP contribution is -2.06.